The van der Waals surface area contributed by atoms with Crippen LogP contribution in [0.5, 0.6) is 0 Å². The fourth-order valence-electron chi connectivity index (χ4n) is 1.22. The lowest BCUT2D eigenvalue weighted by Crippen LogP contribution is -2.12. The lowest BCUT2D eigenvalue weighted by molar-refractivity contribution is -0.134. The summed E-state index contributed by atoms with van der Waals surface area (Å²) in [5.74, 6) is -0.874. The lowest BCUT2D eigenvalue weighted by Gasteiger charge is -2.06. The van der Waals surface area contributed by atoms with Gasteiger partial charge >= 0.3 is 5.97 Å². The number of hydrogen-bond acceptors (Lipinski definition) is 3. The van der Waals surface area contributed by atoms with Gasteiger partial charge in [-0.1, -0.05) is 6.92 Å². The van der Waals surface area contributed by atoms with Gasteiger partial charge in [0.25, 0.3) is 0 Å². The number of Topliss-reactive ketones (excluding diaryl/α,β-unsaturated/α-hetero) is 1. The summed E-state index contributed by atoms with van der Waals surface area (Å²) in [5, 5.41) is 11.2. The zero-order valence-corrected chi connectivity index (χ0v) is 10.4. The Kier molecular flexibility index (Phi) is 4.49. The first-order chi connectivity index (χ1) is 7.54. The zero-order valence-electron chi connectivity index (χ0n) is 8.79. The highest BCUT2D eigenvalue weighted by Gasteiger charge is 2.08. The third-order valence-corrected chi connectivity index (χ3v) is 2.69. The van der Waals surface area contributed by atoms with E-state index in [1.54, 1.807) is 25.1 Å². The van der Waals surface area contributed by atoms with Crippen molar-refractivity contribution in [2.45, 2.75) is 13.3 Å². The molecule has 0 bridgehead atoms. The third-order valence-electron chi connectivity index (χ3n) is 2.03. The first-order valence-electron chi connectivity index (χ1n) is 4.83. The first-order valence-corrected chi connectivity index (χ1v) is 5.62. The highest BCUT2D eigenvalue weighted by Crippen LogP contribution is 2.22. The van der Waals surface area contributed by atoms with E-state index in [4.69, 9.17) is 5.11 Å². The molecule has 2 N–H and O–H groups in total. The summed E-state index contributed by atoms with van der Waals surface area (Å²) in [5.41, 5.74) is 1.28. The molecule has 0 atom stereocenters. The Labute approximate surface area is 102 Å². The lowest BCUT2D eigenvalue weighted by atomic mass is 10.1. The van der Waals surface area contributed by atoms with Crippen molar-refractivity contribution >= 4 is 33.4 Å². The second-order valence-electron chi connectivity index (χ2n) is 3.22. The van der Waals surface area contributed by atoms with E-state index in [1.165, 1.54) is 0 Å². The van der Waals surface area contributed by atoms with Gasteiger partial charge in [0.1, 0.15) is 6.54 Å². The molecule has 1 rings (SSSR count). The molecule has 0 heterocycles. The highest BCUT2D eigenvalue weighted by atomic mass is 79.9. The van der Waals surface area contributed by atoms with E-state index in [0.717, 1.165) is 0 Å². The van der Waals surface area contributed by atoms with Crippen molar-refractivity contribution in [2.24, 2.45) is 0 Å². The fraction of sp³-hybridized carbons (Fsp3) is 0.273. The normalized spacial score (nSPS) is 9.88. The predicted octanol–water partition coefficient (Wildman–Crippen LogP) is 2.54. The van der Waals surface area contributed by atoms with Gasteiger partial charge in [-0.3, -0.25) is 9.59 Å². The molecule has 0 amide bonds. The summed E-state index contributed by atoms with van der Waals surface area (Å²) in [7, 11) is 0. The molecule has 1 aromatic carbocycles. The quantitative estimate of drug-likeness (QED) is 0.816. The van der Waals surface area contributed by atoms with Gasteiger partial charge in [-0.15, -0.1) is 0 Å². The summed E-state index contributed by atoms with van der Waals surface area (Å²) in [6.45, 7) is 1.65. The van der Waals surface area contributed by atoms with Crippen molar-refractivity contribution in [3.05, 3.63) is 28.2 Å². The minimum absolute atomic E-state index is 0.0525. The molecule has 4 nitrogen and oxygen atoms in total. The highest BCUT2D eigenvalue weighted by molar-refractivity contribution is 9.10. The summed E-state index contributed by atoms with van der Waals surface area (Å²) in [6.07, 6.45) is 0.445. The molecule has 0 aliphatic heterocycles. The Bertz CT molecular complexity index is 418. The Hall–Kier alpha value is -1.36. The molecule has 0 saturated carbocycles. The number of aliphatic carboxylic acids is 1. The van der Waals surface area contributed by atoms with Crippen LogP contribution >= 0.6 is 15.9 Å². The molecule has 0 aliphatic rings. The molecule has 0 aliphatic carbocycles. The van der Waals surface area contributed by atoms with Crippen LogP contribution in [0, 0.1) is 0 Å². The Morgan fingerprint density at radius 3 is 2.62 bits per heavy atom. The van der Waals surface area contributed by atoms with E-state index in [2.05, 4.69) is 21.2 Å². The van der Waals surface area contributed by atoms with Crippen LogP contribution in [0.3, 0.4) is 0 Å². The number of nitrogens with one attached hydrogen (secondary N) is 1. The largest absolute Gasteiger partial charge is 0.480 e. The second kappa shape index (κ2) is 5.65. The molecule has 0 fully saturated rings. The number of rotatable bonds is 5. The number of carbonyl (C=O) groups is 2. The molecule has 0 saturated heterocycles. The first kappa shape index (κ1) is 12.7. The van der Waals surface area contributed by atoms with Crippen molar-refractivity contribution < 1.29 is 14.7 Å². The number of ketones is 1. The number of anilines is 1. The van der Waals surface area contributed by atoms with Crippen molar-refractivity contribution in [1.82, 2.24) is 0 Å². The molecule has 0 unspecified atom stereocenters. The molecule has 0 spiro atoms. The predicted molar refractivity (Wildman–Crippen MR) is 64.9 cm³/mol. The molecule has 1 aromatic rings. The number of carboxylic acid groups (broad SMARTS) is 1. The number of halogens is 1. The van der Waals surface area contributed by atoms with Crippen LogP contribution in [0.4, 0.5) is 5.69 Å². The van der Waals surface area contributed by atoms with Crippen LogP contribution in [-0.4, -0.2) is 23.4 Å². The summed E-state index contributed by atoms with van der Waals surface area (Å²) >= 11 is 3.29. The van der Waals surface area contributed by atoms with E-state index < -0.39 is 5.97 Å². The Morgan fingerprint density at radius 2 is 2.12 bits per heavy atom. The van der Waals surface area contributed by atoms with Gasteiger partial charge in [-0.25, -0.2) is 0 Å². The Morgan fingerprint density at radius 1 is 1.44 bits per heavy atom. The van der Waals surface area contributed by atoms with Crippen LogP contribution in [-0.2, 0) is 4.79 Å². The van der Waals surface area contributed by atoms with Gasteiger partial charge in [0.15, 0.2) is 5.78 Å². The maximum absolute atomic E-state index is 11.5. The molecule has 0 radical (unpaired) electrons. The van der Waals surface area contributed by atoms with Crippen molar-refractivity contribution in [3.63, 3.8) is 0 Å². The molecular weight excluding hydrogens is 274 g/mol. The van der Waals surface area contributed by atoms with Crippen LogP contribution in [0.15, 0.2) is 22.7 Å². The van der Waals surface area contributed by atoms with E-state index in [-0.39, 0.29) is 12.3 Å². The summed E-state index contributed by atoms with van der Waals surface area (Å²) in [6, 6.07) is 5.07. The van der Waals surface area contributed by atoms with Crippen molar-refractivity contribution in [3.8, 4) is 0 Å². The standard InChI is InChI=1S/C11H12BrNO3/c1-2-10(14)8-4-3-7(5-9(8)12)13-6-11(15)16/h3-5,13H,2,6H2,1H3,(H,15,16). The molecular formula is C11H12BrNO3. The SMILES string of the molecule is CCC(=O)c1ccc(NCC(=O)O)cc1Br. The number of benzene rings is 1. The molecule has 0 aromatic heterocycles. The maximum Gasteiger partial charge on any atom is 0.322 e. The van der Waals surface area contributed by atoms with Crippen LogP contribution in [0.2, 0.25) is 0 Å². The fourth-order valence-corrected chi connectivity index (χ4v) is 1.82. The molecule has 86 valence electrons. The topological polar surface area (TPSA) is 66.4 Å². The van der Waals surface area contributed by atoms with Gasteiger partial charge in [-0.2, -0.15) is 0 Å². The minimum atomic E-state index is -0.926. The average molecular weight is 286 g/mol. The van der Waals surface area contributed by atoms with E-state index in [9.17, 15) is 9.59 Å². The van der Waals surface area contributed by atoms with E-state index in [1.807, 2.05) is 0 Å². The van der Waals surface area contributed by atoms with Crippen LogP contribution in [0.25, 0.3) is 0 Å². The Balaban J connectivity index is 2.82. The molecule has 5 heteroatoms. The van der Waals surface area contributed by atoms with E-state index >= 15 is 0 Å². The number of carboxylic acids is 1. The van der Waals surface area contributed by atoms with Crippen LogP contribution in [0.1, 0.15) is 23.7 Å². The van der Waals surface area contributed by atoms with Gasteiger partial charge < -0.3 is 10.4 Å². The number of hydrogen-bond donors (Lipinski definition) is 2. The second-order valence-corrected chi connectivity index (χ2v) is 4.07. The van der Waals surface area contributed by atoms with Gasteiger partial charge in [0.05, 0.1) is 0 Å². The molecule has 16 heavy (non-hydrogen) atoms. The minimum Gasteiger partial charge on any atom is -0.480 e. The van der Waals surface area contributed by atoms with Gasteiger partial charge in [0, 0.05) is 22.1 Å². The maximum atomic E-state index is 11.5. The third kappa shape index (κ3) is 3.34. The zero-order chi connectivity index (χ0) is 12.1. The summed E-state index contributed by atoms with van der Waals surface area (Å²) in [4.78, 5) is 21.8. The van der Waals surface area contributed by atoms with Gasteiger partial charge in [0.2, 0.25) is 0 Å². The van der Waals surface area contributed by atoms with E-state index in [0.29, 0.717) is 22.1 Å². The average Bonchev–Trinajstić information content (AvgIpc) is 2.25. The van der Waals surface area contributed by atoms with Crippen LogP contribution < -0.4 is 5.32 Å². The monoisotopic (exact) mass is 285 g/mol. The number of carbonyl (C=O) groups excluding carboxylic acids is 1. The van der Waals surface area contributed by atoms with Gasteiger partial charge in [-0.05, 0) is 34.1 Å². The van der Waals surface area contributed by atoms with Crippen molar-refractivity contribution in [2.75, 3.05) is 11.9 Å². The summed E-state index contributed by atoms with van der Waals surface area (Å²) < 4.78 is 0.676. The smallest absolute Gasteiger partial charge is 0.322 e. The van der Waals surface area contributed by atoms with Crippen molar-refractivity contribution in [1.29, 1.82) is 0 Å².